The summed E-state index contributed by atoms with van der Waals surface area (Å²) in [6.45, 7) is 1.99. The van der Waals surface area contributed by atoms with E-state index in [1.807, 2.05) is 18.2 Å². The molecule has 0 amide bonds. The number of halogens is 1. The standard InChI is InChI=1S/C25H26INO6S/c1-4-33-25(28)16-20(21-14-17(31-2)10-12-23(21)26)22-15-18(32-3)11-13-24(22)27-34(29,30)19-8-6-5-7-9-19/h5-15,20,27H,4,16H2,1-3H3/t20-/m1/s1. The SMILES string of the molecule is CCOC(=O)C[C@H](c1cc(OC)ccc1I)c1cc(OC)ccc1NS(=O)(=O)c1ccccc1. The predicted molar refractivity (Wildman–Crippen MR) is 139 cm³/mol. The molecule has 0 aliphatic rings. The van der Waals surface area contributed by atoms with Crippen molar-refractivity contribution in [1.29, 1.82) is 0 Å². The van der Waals surface area contributed by atoms with Gasteiger partial charge in [0.15, 0.2) is 0 Å². The lowest BCUT2D eigenvalue weighted by molar-refractivity contribution is -0.143. The van der Waals surface area contributed by atoms with Gasteiger partial charge in [0.05, 0.1) is 37.8 Å². The summed E-state index contributed by atoms with van der Waals surface area (Å²) >= 11 is 2.19. The Balaban J connectivity index is 2.17. The molecule has 0 bridgehead atoms. The highest BCUT2D eigenvalue weighted by Gasteiger charge is 2.27. The van der Waals surface area contributed by atoms with Crippen LogP contribution >= 0.6 is 22.6 Å². The lowest BCUT2D eigenvalue weighted by Gasteiger charge is -2.23. The van der Waals surface area contributed by atoms with Crippen LogP contribution in [0.4, 0.5) is 5.69 Å². The summed E-state index contributed by atoms with van der Waals surface area (Å²) in [5, 5.41) is 0. The summed E-state index contributed by atoms with van der Waals surface area (Å²) in [5.74, 6) is 0.235. The number of methoxy groups -OCH3 is 2. The summed E-state index contributed by atoms with van der Waals surface area (Å²) in [4.78, 5) is 12.7. The molecule has 0 saturated heterocycles. The number of nitrogens with one attached hydrogen (secondary N) is 1. The van der Waals surface area contributed by atoms with E-state index in [9.17, 15) is 13.2 Å². The Morgan fingerprint density at radius 3 is 2.18 bits per heavy atom. The number of benzene rings is 3. The summed E-state index contributed by atoms with van der Waals surface area (Å²) in [6.07, 6.45) is 0.00421. The second kappa shape index (κ2) is 11.6. The van der Waals surface area contributed by atoms with Gasteiger partial charge in [-0.2, -0.15) is 0 Å². The van der Waals surface area contributed by atoms with Crippen molar-refractivity contribution >= 4 is 44.3 Å². The van der Waals surface area contributed by atoms with Crippen LogP contribution in [0.2, 0.25) is 0 Å². The number of sulfonamides is 1. The Morgan fingerprint density at radius 2 is 1.56 bits per heavy atom. The van der Waals surface area contributed by atoms with Gasteiger partial charge in [-0.25, -0.2) is 8.42 Å². The van der Waals surface area contributed by atoms with E-state index in [1.54, 1.807) is 50.4 Å². The minimum Gasteiger partial charge on any atom is -0.497 e. The summed E-state index contributed by atoms with van der Waals surface area (Å²) < 4.78 is 45.9. The van der Waals surface area contributed by atoms with E-state index in [-0.39, 0.29) is 17.9 Å². The number of hydrogen-bond acceptors (Lipinski definition) is 6. The van der Waals surface area contributed by atoms with Crippen molar-refractivity contribution in [3.63, 3.8) is 0 Å². The number of rotatable bonds is 10. The first-order valence-corrected chi connectivity index (χ1v) is 13.1. The third kappa shape index (κ3) is 6.20. The molecule has 3 aromatic rings. The van der Waals surface area contributed by atoms with Crippen LogP contribution in [-0.4, -0.2) is 35.2 Å². The maximum atomic E-state index is 13.1. The Morgan fingerprint density at radius 1 is 0.941 bits per heavy atom. The number of esters is 1. The number of carbonyl (C=O) groups excluding carboxylic acids is 1. The number of ether oxygens (including phenoxy) is 3. The van der Waals surface area contributed by atoms with Crippen molar-refractivity contribution in [2.45, 2.75) is 24.2 Å². The van der Waals surface area contributed by atoms with Gasteiger partial charge >= 0.3 is 5.97 Å². The van der Waals surface area contributed by atoms with E-state index in [0.717, 1.165) is 9.13 Å². The second-order valence-corrected chi connectivity index (χ2v) is 10.2. The Hall–Kier alpha value is -2.79. The molecule has 0 radical (unpaired) electrons. The monoisotopic (exact) mass is 595 g/mol. The fourth-order valence-corrected chi connectivity index (χ4v) is 5.36. The zero-order valence-electron chi connectivity index (χ0n) is 19.1. The molecule has 3 aromatic carbocycles. The molecule has 9 heteroatoms. The average molecular weight is 595 g/mol. The highest BCUT2D eigenvalue weighted by Crippen LogP contribution is 2.39. The zero-order chi connectivity index (χ0) is 24.7. The molecule has 180 valence electrons. The highest BCUT2D eigenvalue weighted by molar-refractivity contribution is 14.1. The van der Waals surface area contributed by atoms with Crippen LogP contribution in [0, 0.1) is 3.57 Å². The van der Waals surface area contributed by atoms with Crippen molar-refractivity contribution in [3.8, 4) is 11.5 Å². The number of hydrogen-bond donors (Lipinski definition) is 1. The molecule has 0 fully saturated rings. The van der Waals surface area contributed by atoms with Crippen LogP contribution in [0.3, 0.4) is 0 Å². The molecule has 1 N–H and O–H groups in total. The van der Waals surface area contributed by atoms with Crippen LogP contribution in [0.1, 0.15) is 30.4 Å². The minimum atomic E-state index is -3.87. The third-order valence-electron chi connectivity index (χ3n) is 5.19. The number of anilines is 1. The fourth-order valence-electron chi connectivity index (χ4n) is 3.54. The molecule has 0 aliphatic heterocycles. The van der Waals surface area contributed by atoms with Crippen LogP contribution in [-0.2, 0) is 19.6 Å². The van der Waals surface area contributed by atoms with E-state index >= 15 is 0 Å². The lowest BCUT2D eigenvalue weighted by atomic mass is 9.87. The molecule has 1 atom stereocenters. The van der Waals surface area contributed by atoms with E-state index in [1.165, 1.54) is 19.2 Å². The van der Waals surface area contributed by atoms with Gasteiger partial charge in [-0.15, -0.1) is 0 Å². The summed E-state index contributed by atoms with van der Waals surface area (Å²) in [7, 11) is -0.769. The molecule has 7 nitrogen and oxygen atoms in total. The van der Waals surface area contributed by atoms with Crippen LogP contribution < -0.4 is 14.2 Å². The van der Waals surface area contributed by atoms with E-state index < -0.39 is 21.9 Å². The maximum absolute atomic E-state index is 13.1. The third-order valence-corrected chi connectivity index (χ3v) is 7.55. The molecular formula is C25H26INO6S. The first kappa shape index (κ1) is 25.8. The zero-order valence-corrected chi connectivity index (χ0v) is 22.1. The maximum Gasteiger partial charge on any atom is 0.306 e. The van der Waals surface area contributed by atoms with Crippen molar-refractivity contribution < 1.29 is 27.4 Å². The first-order chi connectivity index (χ1) is 16.3. The van der Waals surface area contributed by atoms with Gasteiger partial charge < -0.3 is 14.2 Å². The second-order valence-electron chi connectivity index (χ2n) is 7.32. The van der Waals surface area contributed by atoms with Crippen LogP contribution in [0.25, 0.3) is 0 Å². The van der Waals surface area contributed by atoms with Crippen molar-refractivity contribution in [1.82, 2.24) is 0 Å². The Bertz CT molecular complexity index is 1250. The van der Waals surface area contributed by atoms with Gasteiger partial charge in [0.2, 0.25) is 0 Å². The molecule has 0 saturated carbocycles. The van der Waals surface area contributed by atoms with Gasteiger partial charge in [-0.1, -0.05) is 18.2 Å². The topological polar surface area (TPSA) is 90.9 Å². The molecule has 0 aliphatic carbocycles. The Kier molecular flexibility index (Phi) is 8.78. The first-order valence-electron chi connectivity index (χ1n) is 10.5. The highest BCUT2D eigenvalue weighted by atomic mass is 127. The van der Waals surface area contributed by atoms with Gasteiger partial charge in [0.25, 0.3) is 10.0 Å². The molecular weight excluding hydrogens is 569 g/mol. The summed E-state index contributed by atoms with van der Waals surface area (Å²) in [5.41, 5.74) is 1.73. The van der Waals surface area contributed by atoms with Gasteiger partial charge in [-0.05, 0) is 89.2 Å². The fraction of sp³-hybridized carbons (Fsp3) is 0.240. The van der Waals surface area contributed by atoms with E-state index in [2.05, 4.69) is 27.3 Å². The smallest absolute Gasteiger partial charge is 0.306 e. The number of carbonyl (C=O) groups is 1. The van der Waals surface area contributed by atoms with E-state index in [0.29, 0.717) is 22.7 Å². The molecule has 0 aromatic heterocycles. The quantitative estimate of drug-likeness (QED) is 0.256. The lowest BCUT2D eigenvalue weighted by Crippen LogP contribution is -2.18. The van der Waals surface area contributed by atoms with Crippen LogP contribution in [0.5, 0.6) is 11.5 Å². The average Bonchev–Trinajstić information content (AvgIpc) is 2.84. The van der Waals surface area contributed by atoms with Gasteiger partial charge in [0, 0.05) is 9.49 Å². The Labute approximate surface area is 213 Å². The van der Waals surface area contributed by atoms with Gasteiger partial charge in [-0.3, -0.25) is 9.52 Å². The van der Waals surface area contributed by atoms with Crippen molar-refractivity contribution in [2.75, 3.05) is 25.5 Å². The molecule has 0 unspecified atom stereocenters. The minimum absolute atomic E-state index is 0.00421. The molecule has 0 heterocycles. The predicted octanol–water partition coefficient (Wildman–Crippen LogP) is 5.19. The molecule has 34 heavy (non-hydrogen) atoms. The van der Waals surface area contributed by atoms with Crippen molar-refractivity contribution in [2.24, 2.45) is 0 Å². The summed E-state index contributed by atoms with van der Waals surface area (Å²) in [6, 6.07) is 18.7. The largest absolute Gasteiger partial charge is 0.497 e. The molecule has 3 rings (SSSR count). The normalized spacial score (nSPS) is 12.0. The van der Waals surface area contributed by atoms with Gasteiger partial charge in [0.1, 0.15) is 11.5 Å². The van der Waals surface area contributed by atoms with Crippen molar-refractivity contribution in [3.05, 3.63) is 81.4 Å². The van der Waals surface area contributed by atoms with E-state index in [4.69, 9.17) is 14.2 Å². The molecule has 0 spiro atoms. The van der Waals surface area contributed by atoms with Crippen LogP contribution in [0.15, 0.2) is 71.6 Å².